The Bertz CT molecular complexity index is 456. The molecule has 0 aromatic heterocycles. The van der Waals surface area contributed by atoms with Crippen molar-refractivity contribution in [2.45, 2.75) is 34.6 Å². The molecule has 0 heterocycles. The maximum absolute atomic E-state index is 12.4. The lowest BCUT2D eigenvalue weighted by atomic mass is 10.2. The van der Waals surface area contributed by atoms with Crippen molar-refractivity contribution in [2.75, 3.05) is 7.11 Å². The van der Waals surface area contributed by atoms with Gasteiger partial charge in [-0.25, -0.2) is 8.78 Å². The number of ether oxygens (including phenoxy) is 1. The van der Waals surface area contributed by atoms with Gasteiger partial charge in [-0.05, 0) is 42.8 Å². The highest BCUT2D eigenvalue weighted by atomic mass is 19.1. The van der Waals surface area contributed by atoms with E-state index < -0.39 is 0 Å². The van der Waals surface area contributed by atoms with E-state index in [1.54, 1.807) is 31.4 Å². The van der Waals surface area contributed by atoms with E-state index in [0.717, 1.165) is 11.3 Å². The number of halogens is 2. The predicted molar refractivity (Wildman–Crippen MR) is 86.8 cm³/mol. The van der Waals surface area contributed by atoms with E-state index >= 15 is 0 Å². The summed E-state index contributed by atoms with van der Waals surface area (Å²) in [5, 5.41) is 0. The molecule has 0 radical (unpaired) electrons. The molecule has 0 amide bonds. The summed E-state index contributed by atoms with van der Waals surface area (Å²) in [5.74, 6) is 0.321. The van der Waals surface area contributed by atoms with E-state index in [-0.39, 0.29) is 11.6 Å². The zero-order valence-electron chi connectivity index (χ0n) is 13.8. The van der Waals surface area contributed by atoms with E-state index in [1.165, 1.54) is 24.3 Å². The Morgan fingerprint density at radius 1 is 0.762 bits per heavy atom. The number of hydrogen-bond donors (Lipinski definition) is 0. The van der Waals surface area contributed by atoms with Crippen LogP contribution in [-0.4, -0.2) is 7.11 Å². The molecule has 118 valence electrons. The van der Waals surface area contributed by atoms with Gasteiger partial charge in [-0.1, -0.05) is 45.9 Å². The van der Waals surface area contributed by atoms with Crippen molar-refractivity contribution in [2.24, 2.45) is 0 Å². The van der Waals surface area contributed by atoms with Crippen LogP contribution < -0.4 is 4.74 Å². The van der Waals surface area contributed by atoms with Crippen LogP contribution in [0.15, 0.2) is 48.5 Å². The van der Waals surface area contributed by atoms with Crippen molar-refractivity contribution in [3.05, 3.63) is 65.7 Å². The van der Waals surface area contributed by atoms with Crippen LogP contribution in [0.4, 0.5) is 8.78 Å². The summed E-state index contributed by atoms with van der Waals surface area (Å²) in [6.45, 7) is 9.81. The van der Waals surface area contributed by atoms with E-state index in [2.05, 4.69) is 0 Å². The van der Waals surface area contributed by atoms with Crippen LogP contribution >= 0.6 is 0 Å². The Hall–Kier alpha value is -1.90. The van der Waals surface area contributed by atoms with E-state index in [0.29, 0.717) is 0 Å². The Morgan fingerprint density at radius 2 is 1.29 bits per heavy atom. The highest BCUT2D eigenvalue weighted by molar-refractivity contribution is 5.32. The first-order chi connectivity index (χ1) is 10.1. The molecule has 2 aromatic rings. The van der Waals surface area contributed by atoms with Gasteiger partial charge in [0.2, 0.25) is 0 Å². The van der Waals surface area contributed by atoms with Crippen LogP contribution in [0.2, 0.25) is 0 Å². The second-order valence-electron chi connectivity index (χ2n) is 3.41. The molecule has 0 spiro atoms. The SMILES string of the molecule is CC.CC.COc1ccc(F)cc1C.Fc1ccccc1. The maximum Gasteiger partial charge on any atom is 0.123 e. The monoisotopic (exact) mass is 296 g/mol. The molecule has 0 atom stereocenters. The average molecular weight is 296 g/mol. The Labute approximate surface area is 127 Å². The Morgan fingerprint density at radius 3 is 1.62 bits per heavy atom. The molecule has 0 unspecified atom stereocenters. The third kappa shape index (κ3) is 10.5. The van der Waals surface area contributed by atoms with Gasteiger partial charge in [-0.2, -0.15) is 0 Å². The minimum atomic E-state index is -0.224. The van der Waals surface area contributed by atoms with Crippen molar-refractivity contribution in [3.8, 4) is 5.75 Å². The van der Waals surface area contributed by atoms with E-state index in [9.17, 15) is 8.78 Å². The molecule has 0 aliphatic carbocycles. The summed E-state index contributed by atoms with van der Waals surface area (Å²) in [6.07, 6.45) is 0. The first kappa shape index (κ1) is 21.4. The molecule has 0 aliphatic heterocycles. The first-order valence-electron chi connectivity index (χ1n) is 7.14. The standard InChI is InChI=1S/C8H9FO.C6H5F.2C2H6/c1-6-5-7(9)3-4-8(6)10-2;7-6-4-2-1-3-5-6;2*1-2/h3-5H,1-2H3;1-5H;2*1-2H3. The lowest BCUT2D eigenvalue weighted by Crippen LogP contribution is -1.86. The third-order valence-electron chi connectivity index (χ3n) is 2.09. The smallest absolute Gasteiger partial charge is 0.123 e. The molecule has 1 nitrogen and oxygen atoms in total. The zero-order valence-corrected chi connectivity index (χ0v) is 13.8. The molecule has 3 heteroatoms. The van der Waals surface area contributed by atoms with Gasteiger partial charge in [-0.15, -0.1) is 0 Å². The fraction of sp³-hybridized carbons (Fsp3) is 0.333. The summed E-state index contributed by atoms with van der Waals surface area (Å²) < 4.78 is 29.3. The third-order valence-corrected chi connectivity index (χ3v) is 2.09. The number of rotatable bonds is 1. The van der Waals surface area contributed by atoms with Gasteiger partial charge < -0.3 is 4.74 Å². The van der Waals surface area contributed by atoms with Crippen molar-refractivity contribution >= 4 is 0 Å². The minimum absolute atomic E-state index is 0.178. The second kappa shape index (κ2) is 14.5. The lowest BCUT2D eigenvalue weighted by Gasteiger charge is -2.01. The number of benzene rings is 2. The summed E-state index contributed by atoms with van der Waals surface area (Å²) in [6, 6.07) is 12.4. The molecule has 0 saturated heterocycles. The molecule has 0 N–H and O–H groups in total. The van der Waals surface area contributed by atoms with Crippen LogP contribution in [-0.2, 0) is 0 Å². The van der Waals surface area contributed by atoms with Crippen LogP contribution in [0.1, 0.15) is 33.3 Å². The van der Waals surface area contributed by atoms with Gasteiger partial charge in [0.05, 0.1) is 7.11 Å². The molecule has 0 saturated carbocycles. The fourth-order valence-electron chi connectivity index (χ4n) is 1.26. The number of methoxy groups -OCH3 is 1. The van der Waals surface area contributed by atoms with Crippen LogP contribution in [0.5, 0.6) is 5.75 Å². The van der Waals surface area contributed by atoms with Crippen molar-refractivity contribution in [1.82, 2.24) is 0 Å². The quantitative estimate of drug-likeness (QED) is 0.625. The molecule has 0 fully saturated rings. The largest absolute Gasteiger partial charge is 0.496 e. The van der Waals surface area contributed by atoms with Gasteiger partial charge in [0.1, 0.15) is 17.4 Å². The first-order valence-corrected chi connectivity index (χ1v) is 7.14. The minimum Gasteiger partial charge on any atom is -0.496 e. The van der Waals surface area contributed by atoms with Crippen molar-refractivity contribution in [1.29, 1.82) is 0 Å². The molecule has 21 heavy (non-hydrogen) atoms. The van der Waals surface area contributed by atoms with Crippen LogP contribution in [0, 0.1) is 18.6 Å². The van der Waals surface area contributed by atoms with Gasteiger partial charge in [0.15, 0.2) is 0 Å². The van der Waals surface area contributed by atoms with Crippen molar-refractivity contribution < 1.29 is 13.5 Å². The van der Waals surface area contributed by atoms with E-state index in [4.69, 9.17) is 4.74 Å². The molecule has 0 aliphatic rings. The lowest BCUT2D eigenvalue weighted by molar-refractivity contribution is 0.410. The summed E-state index contributed by atoms with van der Waals surface area (Å²) in [4.78, 5) is 0. The predicted octanol–water partition coefficient (Wildman–Crippen LogP) is 6.02. The number of aryl methyl sites for hydroxylation is 1. The topological polar surface area (TPSA) is 9.23 Å². The fourth-order valence-corrected chi connectivity index (χ4v) is 1.26. The molecule has 0 bridgehead atoms. The van der Waals surface area contributed by atoms with Gasteiger partial charge in [0, 0.05) is 0 Å². The molecular weight excluding hydrogens is 270 g/mol. The van der Waals surface area contributed by atoms with Gasteiger partial charge in [-0.3, -0.25) is 0 Å². The molecule has 2 rings (SSSR count). The van der Waals surface area contributed by atoms with Gasteiger partial charge >= 0.3 is 0 Å². The summed E-state index contributed by atoms with van der Waals surface area (Å²) >= 11 is 0. The Kier molecular flexibility index (Phi) is 14.8. The molecular formula is C18H26F2O. The van der Waals surface area contributed by atoms with Crippen LogP contribution in [0.25, 0.3) is 0 Å². The maximum atomic E-state index is 12.4. The van der Waals surface area contributed by atoms with E-state index in [1.807, 2.05) is 34.6 Å². The average Bonchev–Trinajstić information content (AvgIpc) is 2.53. The summed E-state index contributed by atoms with van der Waals surface area (Å²) in [5.41, 5.74) is 0.822. The van der Waals surface area contributed by atoms with Crippen molar-refractivity contribution in [3.63, 3.8) is 0 Å². The van der Waals surface area contributed by atoms with Crippen LogP contribution in [0.3, 0.4) is 0 Å². The zero-order chi connectivity index (χ0) is 16.7. The number of hydrogen-bond acceptors (Lipinski definition) is 1. The summed E-state index contributed by atoms with van der Waals surface area (Å²) in [7, 11) is 1.57. The normalized spacial score (nSPS) is 8.00. The van der Waals surface area contributed by atoms with Gasteiger partial charge in [0.25, 0.3) is 0 Å². The highest BCUT2D eigenvalue weighted by Gasteiger charge is 1.96. The molecule has 2 aromatic carbocycles. The highest BCUT2D eigenvalue weighted by Crippen LogP contribution is 2.16. The Balaban J connectivity index is 0. The second-order valence-corrected chi connectivity index (χ2v) is 3.41.